The minimum atomic E-state index is -0.361. The topological polar surface area (TPSA) is 74.0 Å². The summed E-state index contributed by atoms with van der Waals surface area (Å²) in [6.07, 6.45) is 3.73. The number of ether oxygens (including phenoxy) is 3. The van der Waals surface area contributed by atoms with Gasteiger partial charge in [0, 0.05) is 24.9 Å². The number of carbonyl (C=O) groups excluding carboxylic acids is 1. The minimum absolute atomic E-state index is 0.150. The summed E-state index contributed by atoms with van der Waals surface area (Å²) in [5.41, 5.74) is 2.22. The number of aromatic nitrogens is 1. The highest BCUT2D eigenvalue weighted by Gasteiger charge is 2.28. The van der Waals surface area contributed by atoms with Gasteiger partial charge in [-0.1, -0.05) is 17.6 Å². The van der Waals surface area contributed by atoms with Crippen molar-refractivity contribution in [3.05, 3.63) is 53.5 Å². The number of fused-ring (bicyclic) bond motifs is 1. The molecule has 2 heterocycles. The summed E-state index contributed by atoms with van der Waals surface area (Å²) in [6.45, 7) is 5.57. The summed E-state index contributed by atoms with van der Waals surface area (Å²) >= 11 is 0. The highest BCUT2D eigenvalue weighted by atomic mass is 19.1. The fourth-order valence-electron chi connectivity index (χ4n) is 4.56. The number of piperidine rings is 1. The van der Waals surface area contributed by atoms with E-state index in [0.717, 1.165) is 55.4 Å². The molecule has 0 N–H and O–H groups in total. The number of likely N-dealkylation sites (tertiary alicyclic amines) is 1. The Morgan fingerprint density at radius 2 is 2.09 bits per heavy atom. The predicted octanol–water partition coefficient (Wildman–Crippen LogP) is 5.60. The lowest BCUT2D eigenvalue weighted by Gasteiger charge is -2.34. The third-order valence-corrected chi connectivity index (χ3v) is 6.24. The average molecular weight is 471 g/mol. The van der Waals surface area contributed by atoms with Gasteiger partial charge in [-0.05, 0) is 62.6 Å². The van der Waals surface area contributed by atoms with Crippen LogP contribution in [0.4, 0.5) is 4.39 Å². The van der Waals surface area contributed by atoms with E-state index in [9.17, 15) is 9.18 Å². The fraction of sp³-hybridized carbons (Fsp3) is 0.462. The van der Waals surface area contributed by atoms with Gasteiger partial charge in [0.05, 0.1) is 19.8 Å². The predicted molar refractivity (Wildman–Crippen MR) is 125 cm³/mol. The molecule has 7 nitrogen and oxygen atoms in total. The van der Waals surface area contributed by atoms with Crippen LogP contribution in [-0.4, -0.2) is 42.8 Å². The molecule has 2 atom stereocenters. The molecule has 34 heavy (non-hydrogen) atoms. The third-order valence-electron chi connectivity index (χ3n) is 6.24. The maximum absolute atomic E-state index is 13.5. The van der Waals surface area contributed by atoms with Crippen LogP contribution in [-0.2, 0) is 9.53 Å². The molecule has 0 radical (unpaired) electrons. The van der Waals surface area contributed by atoms with Gasteiger partial charge in [0.2, 0.25) is 0 Å². The fourth-order valence-corrected chi connectivity index (χ4v) is 4.56. The van der Waals surface area contributed by atoms with Crippen LogP contribution in [0.1, 0.15) is 62.9 Å². The first kappa shape index (κ1) is 24.0. The molecule has 1 aliphatic rings. The van der Waals surface area contributed by atoms with E-state index in [-0.39, 0.29) is 23.9 Å². The molecule has 2 aromatic carbocycles. The van der Waals surface area contributed by atoms with Gasteiger partial charge in [-0.2, -0.15) is 0 Å². The van der Waals surface area contributed by atoms with Gasteiger partial charge in [0.1, 0.15) is 17.6 Å². The Morgan fingerprint density at radius 3 is 2.88 bits per heavy atom. The highest BCUT2D eigenvalue weighted by molar-refractivity contribution is 5.79. The summed E-state index contributed by atoms with van der Waals surface area (Å²) in [6, 6.07) is 10.3. The van der Waals surface area contributed by atoms with E-state index in [4.69, 9.17) is 18.7 Å². The van der Waals surface area contributed by atoms with E-state index in [2.05, 4.69) is 10.1 Å². The second-order valence-corrected chi connectivity index (χ2v) is 8.62. The second-order valence-electron chi connectivity index (χ2n) is 8.62. The molecule has 8 heteroatoms. The van der Waals surface area contributed by atoms with E-state index in [1.807, 2.05) is 25.1 Å². The Kier molecular flexibility index (Phi) is 7.67. The molecular formula is C26H31FN2O5. The molecule has 0 aliphatic carbocycles. The van der Waals surface area contributed by atoms with Crippen molar-refractivity contribution in [2.24, 2.45) is 0 Å². The van der Waals surface area contributed by atoms with Crippen molar-refractivity contribution in [3.8, 4) is 11.5 Å². The van der Waals surface area contributed by atoms with Crippen molar-refractivity contribution >= 4 is 16.9 Å². The molecular weight excluding hydrogens is 439 g/mol. The zero-order valence-electron chi connectivity index (χ0n) is 19.9. The molecule has 182 valence electrons. The summed E-state index contributed by atoms with van der Waals surface area (Å²) in [5, 5.41) is 5.16. The highest BCUT2D eigenvalue weighted by Crippen LogP contribution is 2.35. The normalized spacial score (nSPS) is 17.5. The lowest BCUT2D eigenvalue weighted by molar-refractivity contribution is -0.145. The largest absolute Gasteiger partial charge is 0.493 e. The van der Waals surface area contributed by atoms with Gasteiger partial charge in [-0.25, -0.2) is 4.39 Å². The lowest BCUT2D eigenvalue weighted by Crippen LogP contribution is -2.35. The van der Waals surface area contributed by atoms with Crippen LogP contribution in [0.3, 0.4) is 0 Å². The first-order valence-corrected chi connectivity index (χ1v) is 11.7. The Morgan fingerprint density at radius 1 is 1.24 bits per heavy atom. The van der Waals surface area contributed by atoms with Crippen LogP contribution >= 0.6 is 0 Å². The molecule has 2 unspecified atom stereocenters. The van der Waals surface area contributed by atoms with Crippen LogP contribution in [0, 0.1) is 5.82 Å². The summed E-state index contributed by atoms with van der Waals surface area (Å²) in [7, 11) is 1.59. The van der Waals surface area contributed by atoms with Crippen molar-refractivity contribution < 1.29 is 27.9 Å². The monoisotopic (exact) mass is 470 g/mol. The lowest BCUT2D eigenvalue weighted by atomic mass is 9.97. The minimum Gasteiger partial charge on any atom is -0.493 e. The van der Waals surface area contributed by atoms with Crippen LogP contribution in [0.15, 0.2) is 40.9 Å². The SMILES string of the molecule is COc1cc(C(C)OC(C)=O)ccc1OCCCN1CCCCC1c1noc2cc(F)ccc12. The average Bonchev–Trinajstić information content (AvgIpc) is 3.24. The Hall–Kier alpha value is -3.13. The van der Waals surface area contributed by atoms with Crippen LogP contribution < -0.4 is 9.47 Å². The molecule has 3 aromatic rings. The number of methoxy groups -OCH3 is 1. The van der Waals surface area contributed by atoms with Gasteiger partial charge >= 0.3 is 5.97 Å². The molecule has 0 bridgehead atoms. The number of carbonyl (C=O) groups is 1. The quantitative estimate of drug-likeness (QED) is 0.298. The van der Waals surface area contributed by atoms with Crippen molar-refractivity contribution in [3.63, 3.8) is 0 Å². The molecule has 1 fully saturated rings. The molecule has 1 saturated heterocycles. The van der Waals surface area contributed by atoms with Gasteiger partial charge in [-0.15, -0.1) is 0 Å². The standard InChI is InChI=1S/C26H31FN2O5/c1-17(33-18(2)30)19-8-11-23(25(15-19)31-3)32-14-6-13-29-12-5-4-7-22(29)26-21-10-9-20(27)16-24(21)34-28-26/h8-11,15-17,22H,4-7,12-14H2,1-3H3. The van der Waals surface area contributed by atoms with Crippen molar-refractivity contribution in [2.75, 3.05) is 26.8 Å². The smallest absolute Gasteiger partial charge is 0.303 e. The number of esters is 1. The van der Waals surface area contributed by atoms with Gasteiger partial charge < -0.3 is 18.7 Å². The summed E-state index contributed by atoms with van der Waals surface area (Å²) in [4.78, 5) is 13.6. The van der Waals surface area contributed by atoms with Crippen molar-refractivity contribution in [2.45, 2.75) is 51.7 Å². The number of nitrogens with zero attached hydrogens (tertiary/aromatic N) is 2. The number of hydrogen-bond acceptors (Lipinski definition) is 7. The van der Waals surface area contributed by atoms with Crippen LogP contribution in [0.25, 0.3) is 11.0 Å². The third kappa shape index (κ3) is 5.50. The van der Waals surface area contributed by atoms with E-state index in [0.29, 0.717) is 23.7 Å². The van der Waals surface area contributed by atoms with Crippen molar-refractivity contribution in [1.29, 1.82) is 0 Å². The van der Waals surface area contributed by atoms with E-state index in [1.165, 1.54) is 19.1 Å². The number of rotatable bonds is 9. The first-order chi connectivity index (χ1) is 16.5. The Bertz CT molecular complexity index is 1130. The van der Waals surface area contributed by atoms with E-state index >= 15 is 0 Å². The second kappa shape index (κ2) is 10.9. The Balaban J connectivity index is 1.36. The van der Waals surface area contributed by atoms with Gasteiger partial charge in [0.15, 0.2) is 17.1 Å². The summed E-state index contributed by atoms with van der Waals surface area (Å²) < 4.78 is 35.7. The Labute approximate surface area is 198 Å². The molecule has 1 aromatic heterocycles. The summed E-state index contributed by atoms with van der Waals surface area (Å²) in [5.74, 6) is 0.611. The number of hydrogen-bond donors (Lipinski definition) is 0. The maximum atomic E-state index is 13.5. The first-order valence-electron chi connectivity index (χ1n) is 11.7. The van der Waals surface area contributed by atoms with E-state index < -0.39 is 0 Å². The zero-order chi connectivity index (χ0) is 24.1. The molecule has 0 saturated carbocycles. The van der Waals surface area contributed by atoms with Crippen LogP contribution in [0.2, 0.25) is 0 Å². The van der Waals surface area contributed by atoms with Crippen LogP contribution in [0.5, 0.6) is 11.5 Å². The van der Waals surface area contributed by atoms with Crippen molar-refractivity contribution in [1.82, 2.24) is 10.1 Å². The van der Waals surface area contributed by atoms with Gasteiger partial charge in [0.25, 0.3) is 0 Å². The molecule has 0 spiro atoms. The van der Waals surface area contributed by atoms with Gasteiger partial charge in [-0.3, -0.25) is 9.69 Å². The number of halogens is 1. The number of benzene rings is 2. The zero-order valence-corrected chi connectivity index (χ0v) is 19.9. The maximum Gasteiger partial charge on any atom is 0.303 e. The van der Waals surface area contributed by atoms with E-state index in [1.54, 1.807) is 13.2 Å². The molecule has 4 rings (SSSR count). The molecule has 0 amide bonds. The molecule has 1 aliphatic heterocycles.